The second-order valence-corrected chi connectivity index (χ2v) is 4.83. The predicted octanol–water partition coefficient (Wildman–Crippen LogP) is 0.807. The number of hydrogen-bond donors (Lipinski definition) is 1. The molecule has 1 saturated heterocycles. The van der Waals surface area contributed by atoms with Crippen LogP contribution in [0.1, 0.15) is 35.8 Å². The molecule has 0 bridgehead atoms. The summed E-state index contributed by atoms with van der Waals surface area (Å²) in [5, 5.41) is 0. The third-order valence-corrected chi connectivity index (χ3v) is 3.61. The molecule has 2 aliphatic rings. The van der Waals surface area contributed by atoms with Crippen molar-refractivity contribution in [1.82, 2.24) is 9.97 Å². The van der Waals surface area contributed by atoms with Crippen molar-refractivity contribution in [3.8, 4) is 5.88 Å². The van der Waals surface area contributed by atoms with Crippen molar-refractivity contribution in [3.05, 3.63) is 17.1 Å². The van der Waals surface area contributed by atoms with Crippen LogP contribution in [0.2, 0.25) is 0 Å². The summed E-state index contributed by atoms with van der Waals surface area (Å²) in [5.74, 6) is 2.10. The van der Waals surface area contributed by atoms with Crippen LogP contribution in [0.4, 0.5) is 0 Å². The molecule has 0 saturated carbocycles. The summed E-state index contributed by atoms with van der Waals surface area (Å²) in [7, 11) is 0. The van der Waals surface area contributed by atoms with E-state index in [2.05, 4.69) is 4.98 Å². The predicted molar refractivity (Wildman–Crippen MR) is 66.8 cm³/mol. The zero-order valence-electron chi connectivity index (χ0n) is 10.5. The van der Waals surface area contributed by atoms with Crippen molar-refractivity contribution in [2.45, 2.75) is 31.6 Å². The monoisotopic (exact) mass is 249 g/mol. The van der Waals surface area contributed by atoms with Crippen molar-refractivity contribution >= 4 is 0 Å². The van der Waals surface area contributed by atoms with E-state index in [9.17, 15) is 0 Å². The van der Waals surface area contributed by atoms with Gasteiger partial charge in [0.1, 0.15) is 5.82 Å². The van der Waals surface area contributed by atoms with Gasteiger partial charge >= 0.3 is 0 Å². The van der Waals surface area contributed by atoms with Gasteiger partial charge in [-0.1, -0.05) is 0 Å². The second kappa shape index (κ2) is 5.20. The summed E-state index contributed by atoms with van der Waals surface area (Å²) in [6.45, 7) is 2.96. The Labute approximate surface area is 107 Å². The third-order valence-electron chi connectivity index (χ3n) is 3.61. The average Bonchev–Trinajstić information content (AvgIpc) is 2.87. The Bertz CT molecular complexity index is 430. The quantitative estimate of drug-likeness (QED) is 0.858. The van der Waals surface area contributed by atoms with Gasteiger partial charge in [0.15, 0.2) is 0 Å². The molecule has 98 valence electrons. The zero-order chi connectivity index (χ0) is 12.4. The van der Waals surface area contributed by atoms with Gasteiger partial charge < -0.3 is 15.2 Å². The number of ether oxygens (including phenoxy) is 2. The molecule has 3 heterocycles. The Balaban J connectivity index is 1.95. The Morgan fingerprint density at radius 2 is 2.00 bits per heavy atom. The van der Waals surface area contributed by atoms with E-state index in [1.165, 1.54) is 11.3 Å². The molecule has 1 fully saturated rings. The summed E-state index contributed by atoms with van der Waals surface area (Å²) >= 11 is 0. The Morgan fingerprint density at radius 1 is 1.17 bits per heavy atom. The minimum atomic E-state index is 0.494. The van der Waals surface area contributed by atoms with Crippen molar-refractivity contribution in [3.63, 3.8) is 0 Å². The Morgan fingerprint density at radius 3 is 2.78 bits per heavy atom. The molecule has 0 atom stereocenters. The first kappa shape index (κ1) is 11.9. The smallest absolute Gasteiger partial charge is 0.220 e. The number of nitrogens with zero attached hydrogens (tertiary/aromatic N) is 2. The third kappa shape index (κ3) is 2.20. The number of hydrogen-bond acceptors (Lipinski definition) is 5. The molecule has 5 nitrogen and oxygen atoms in total. The van der Waals surface area contributed by atoms with Crippen LogP contribution in [0, 0.1) is 0 Å². The number of rotatable bonds is 3. The highest BCUT2D eigenvalue weighted by Crippen LogP contribution is 2.34. The van der Waals surface area contributed by atoms with Gasteiger partial charge in [-0.2, -0.15) is 4.98 Å². The summed E-state index contributed by atoms with van der Waals surface area (Å²) in [6, 6.07) is 0. The Kier molecular flexibility index (Phi) is 3.43. The molecule has 1 aromatic heterocycles. The maximum Gasteiger partial charge on any atom is 0.220 e. The first-order valence-electron chi connectivity index (χ1n) is 6.69. The maximum absolute atomic E-state index is 5.59. The van der Waals surface area contributed by atoms with E-state index in [0.717, 1.165) is 50.8 Å². The lowest BCUT2D eigenvalue weighted by atomic mass is 9.92. The summed E-state index contributed by atoms with van der Waals surface area (Å²) < 4.78 is 11.0. The molecule has 0 unspecified atom stereocenters. The van der Waals surface area contributed by atoms with Crippen LogP contribution in [-0.4, -0.2) is 36.3 Å². The van der Waals surface area contributed by atoms with Crippen molar-refractivity contribution in [2.75, 3.05) is 26.4 Å². The summed E-state index contributed by atoms with van der Waals surface area (Å²) in [4.78, 5) is 9.19. The summed E-state index contributed by atoms with van der Waals surface area (Å²) in [5.41, 5.74) is 7.99. The minimum absolute atomic E-state index is 0.494. The number of nitrogens with two attached hydrogens (primary N) is 1. The largest absolute Gasteiger partial charge is 0.477 e. The lowest BCUT2D eigenvalue weighted by molar-refractivity contribution is 0.0842. The first-order valence-corrected chi connectivity index (χ1v) is 6.69. The van der Waals surface area contributed by atoms with Crippen LogP contribution < -0.4 is 10.5 Å². The van der Waals surface area contributed by atoms with Crippen LogP contribution >= 0.6 is 0 Å². The van der Waals surface area contributed by atoms with Gasteiger partial charge in [0.2, 0.25) is 5.88 Å². The van der Waals surface area contributed by atoms with Crippen LogP contribution in [0.5, 0.6) is 5.88 Å². The topological polar surface area (TPSA) is 70.3 Å². The van der Waals surface area contributed by atoms with Crippen LogP contribution in [-0.2, 0) is 17.6 Å². The second-order valence-electron chi connectivity index (χ2n) is 4.83. The lowest BCUT2D eigenvalue weighted by Crippen LogP contribution is -2.18. The molecular weight excluding hydrogens is 230 g/mol. The van der Waals surface area contributed by atoms with Crippen molar-refractivity contribution in [1.29, 1.82) is 0 Å². The molecule has 0 aliphatic carbocycles. The van der Waals surface area contributed by atoms with E-state index in [0.29, 0.717) is 18.9 Å². The highest BCUT2D eigenvalue weighted by atomic mass is 16.5. The average molecular weight is 249 g/mol. The number of aromatic nitrogens is 2. The van der Waals surface area contributed by atoms with Crippen molar-refractivity contribution in [2.24, 2.45) is 5.73 Å². The minimum Gasteiger partial charge on any atom is -0.477 e. The molecular formula is C13H19N3O2. The fourth-order valence-electron chi connectivity index (χ4n) is 2.68. The molecule has 18 heavy (non-hydrogen) atoms. The van der Waals surface area contributed by atoms with Gasteiger partial charge in [-0.15, -0.1) is 0 Å². The molecule has 0 amide bonds. The van der Waals surface area contributed by atoms with Crippen LogP contribution in [0.25, 0.3) is 0 Å². The normalized spacial score (nSPS) is 19.6. The molecule has 1 aromatic rings. The fraction of sp³-hybridized carbons (Fsp3) is 0.692. The molecule has 0 radical (unpaired) electrons. The van der Waals surface area contributed by atoms with Gasteiger partial charge in [0.05, 0.1) is 12.3 Å². The SMILES string of the molecule is NCCc1nc2c(c(C3CCOCC3)n1)CCO2. The van der Waals surface area contributed by atoms with Gasteiger partial charge in [-0.25, -0.2) is 4.98 Å². The Hall–Kier alpha value is -1.20. The van der Waals surface area contributed by atoms with E-state index in [-0.39, 0.29) is 0 Å². The van der Waals surface area contributed by atoms with Crippen molar-refractivity contribution < 1.29 is 9.47 Å². The highest BCUT2D eigenvalue weighted by molar-refractivity contribution is 5.36. The summed E-state index contributed by atoms with van der Waals surface area (Å²) in [6.07, 6.45) is 3.74. The fourth-order valence-corrected chi connectivity index (χ4v) is 2.68. The van der Waals surface area contributed by atoms with Gasteiger partial charge in [-0.3, -0.25) is 0 Å². The van der Waals surface area contributed by atoms with Crippen LogP contribution in [0.3, 0.4) is 0 Å². The standard InChI is InChI=1S/C13H19N3O2/c14-5-1-11-15-12(9-2-6-17-7-3-9)10-4-8-18-13(10)16-11/h9H,1-8,14H2. The molecule has 3 rings (SSSR count). The maximum atomic E-state index is 5.59. The molecule has 0 spiro atoms. The van der Waals surface area contributed by atoms with E-state index in [1.54, 1.807) is 0 Å². The molecule has 5 heteroatoms. The van der Waals surface area contributed by atoms with E-state index in [1.807, 2.05) is 0 Å². The zero-order valence-corrected chi connectivity index (χ0v) is 10.5. The van der Waals surface area contributed by atoms with Crippen LogP contribution in [0.15, 0.2) is 0 Å². The van der Waals surface area contributed by atoms with E-state index in [4.69, 9.17) is 20.2 Å². The van der Waals surface area contributed by atoms with Gasteiger partial charge in [0, 0.05) is 37.5 Å². The molecule has 0 aromatic carbocycles. The first-order chi connectivity index (χ1) is 8.88. The highest BCUT2D eigenvalue weighted by Gasteiger charge is 2.27. The van der Waals surface area contributed by atoms with Gasteiger partial charge in [0.25, 0.3) is 0 Å². The lowest BCUT2D eigenvalue weighted by Gasteiger charge is -2.23. The van der Waals surface area contributed by atoms with Gasteiger partial charge in [-0.05, 0) is 19.4 Å². The van der Waals surface area contributed by atoms with E-state index < -0.39 is 0 Å². The number of fused-ring (bicyclic) bond motifs is 1. The molecule has 2 N–H and O–H groups in total. The van der Waals surface area contributed by atoms with E-state index >= 15 is 0 Å². The molecule has 2 aliphatic heterocycles.